The predicted octanol–water partition coefficient (Wildman–Crippen LogP) is 2.21. The summed E-state index contributed by atoms with van der Waals surface area (Å²) in [7, 11) is -3.56. The summed E-state index contributed by atoms with van der Waals surface area (Å²) in [6, 6.07) is 1.16. The molecular formula is C7H11BrCl2N2O2S2. The quantitative estimate of drug-likeness (QED) is 0.854. The molecule has 0 spiro atoms. The van der Waals surface area contributed by atoms with Crippen molar-refractivity contribution >= 4 is 61.3 Å². The molecule has 0 saturated carbocycles. The van der Waals surface area contributed by atoms with Crippen molar-refractivity contribution in [1.29, 1.82) is 0 Å². The van der Waals surface area contributed by atoms with Crippen LogP contribution in [0.15, 0.2) is 14.7 Å². The predicted molar refractivity (Wildman–Crippen MR) is 73.1 cm³/mol. The first-order valence-electron chi connectivity index (χ1n) is 4.04. The topological polar surface area (TPSA) is 72.2 Å². The van der Waals surface area contributed by atoms with E-state index >= 15 is 0 Å². The largest absolute Gasteiger partial charge is 0.329 e. The summed E-state index contributed by atoms with van der Waals surface area (Å²) >= 11 is 10.1. The van der Waals surface area contributed by atoms with Gasteiger partial charge in [-0.3, -0.25) is 0 Å². The van der Waals surface area contributed by atoms with Crippen molar-refractivity contribution in [1.82, 2.24) is 4.72 Å². The van der Waals surface area contributed by atoms with Crippen LogP contribution >= 0.6 is 51.3 Å². The van der Waals surface area contributed by atoms with Crippen LogP contribution in [0, 0.1) is 0 Å². The first kappa shape index (κ1) is 16.6. The van der Waals surface area contributed by atoms with E-state index in [4.69, 9.17) is 17.3 Å². The van der Waals surface area contributed by atoms with Crippen molar-refractivity contribution in [3.8, 4) is 0 Å². The number of hydrogen-bond donors (Lipinski definition) is 2. The molecule has 1 aromatic heterocycles. The molecule has 4 nitrogen and oxygen atoms in total. The molecule has 94 valence electrons. The third kappa shape index (κ3) is 4.14. The van der Waals surface area contributed by atoms with E-state index in [-0.39, 0.29) is 34.2 Å². The highest BCUT2D eigenvalue weighted by Crippen LogP contribution is 2.34. The zero-order chi connectivity index (χ0) is 11.6. The Morgan fingerprint density at radius 2 is 2.25 bits per heavy atom. The van der Waals surface area contributed by atoms with Crippen LogP contribution in [0.1, 0.15) is 6.92 Å². The van der Waals surface area contributed by atoms with E-state index in [9.17, 15) is 8.42 Å². The molecule has 3 N–H and O–H groups in total. The molecule has 1 rings (SSSR count). The molecule has 9 heteroatoms. The lowest BCUT2D eigenvalue weighted by Gasteiger charge is -2.10. The van der Waals surface area contributed by atoms with E-state index in [1.54, 1.807) is 6.92 Å². The van der Waals surface area contributed by atoms with E-state index in [0.717, 1.165) is 11.3 Å². The molecule has 0 fully saturated rings. The average Bonchev–Trinajstić information content (AvgIpc) is 2.45. The van der Waals surface area contributed by atoms with Crippen LogP contribution in [0.4, 0.5) is 0 Å². The Bertz CT molecular complexity index is 449. The molecule has 0 bridgehead atoms. The van der Waals surface area contributed by atoms with Gasteiger partial charge in [-0.25, -0.2) is 13.1 Å². The molecular weight excluding hydrogens is 359 g/mol. The Kier molecular flexibility index (Phi) is 6.79. The number of thiophene rings is 1. The van der Waals surface area contributed by atoms with Crippen LogP contribution in [-0.4, -0.2) is 21.0 Å². The van der Waals surface area contributed by atoms with Crippen LogP contribution in [0.3, 0.4) is 0 Å². The van der Waals surface area contributed by atoms with Crippen LogP contribution in [0.25, 0.3) is 0 Å². The standard InChI is InChI=1S/C7H10BrClN2O2S2.ClH/c1-4(3-10)11-15(12,13)5-2-6(8)14-7(5)9;/h2,4,11H,3,10H2,1H3;1H/t4-;/m0./s1. The van der Waals surface area contributed by atoms with Gasteiger partial charge in [0.05, 0.1) is 3.79 Å². The van der Waals surface area contributed by atoms with E-state index in [1.807, 2.05) is 0 Å². The summed E-state index contributed by atoms with van der Waals surface area (Å²) in [6.45, 7) is 1.93. The number of rotatable bonds is 4. The van der Waals surface area contributed by atoms with Gasteiger partial charge in [-0.05, 0) is 28.9 Å². The van der Waals surface area contributed by atoms with Gasteiger partial charge < -0.3 is 5.73 Å². The lowest BCUT2D eigenvalue weighted by Crippen LogP contribution is -2.37. The molecule has 0 aliphatic rings. The second-order valence-corrected chi connectivity index (χ2v) is 7.66. The van der Waals surface area contributed by atoms with Crippen molar-refractivity contribution in [2.24, 2.45) is 5.73 Å². The van der Waals surface area contributed by atoms with E-state index in [1.165, 1.54) is 6.07 Å². The van der Waals surface area contributed by atoms with Crippen LogP contribution in [0.2, 0.25) is 4.34 Å². The smallest absolute Gasteiger partial charge is 0.243 e. The molecule has 0 amide bonds. The number of halogens is 3. The van der Waals surface area contributed by atoms with Gasteiger partial charge in [0, 0.05) is 12.6 Å². The van der Waals surface area contributed by atoms with Gasteiger partial charge >= 0.3 is 0 Å². The summed E-state index contributed by atoms with van der Waals surface area (Å²) in [4.78, 5) is 0.0846. The van der Waals surface area contributed by atoms with E-state index in [0.29, 0.717) is 3.79 Å². The van der Waals surface area contributed by atoms with Crippen molar-refractivity contribution in [2.75, 3.05) is 6.54 Å². The second kappa shape index (κ2) is 6.53. The highest BCUT2D eigenvalue weighted by Gasteiger charge is 2.22. The monoisotopic (exact) mass is 368 g/mol. The normalized spacial score (nSPS) is 13.2. The summed E-state index contributed by atoms with van der Waals surface area (Å²) < 4.78 is 26.9. The maximum absolute atomic E-state index is 11.8. The van der Waals surface area contributed by atoms with Gasteiger partial charge in [-0.1, -0.05) is 11.6 Å². The van der Waals surface area contributed by atoms with Crippen LogP contribution in [-0.2, 0) is 10.0 Å². The van der Waals surface area contributed by atoms with Crippen molar-refractivity contribution in [3.63, 3.8) is 0 Å². The Morgan fingerprint density at radius 3 is 2.62 bits per heavy atom. The number of hydrogen-bond acceptors (Lipinski definition) is 4. The zero-order valence-corrected chi connectivity index (χ0v) is 13.0. The van der Waals surface area contributed by atoms with E-state index in [2.05, 4.69) is 20.7 Å². The highest BCUT2D eigenvalue weighted by molar-refractivity contribution is 9.11. The molecule has 1 aromatic rings. The fourth-order valence-corrected chi connectivity index (χ4v) is 4.91. The fraction of sp³-hybridized carbons (Fsp3) is 0.429. The lowest BCUT2D eigenvalue weighted by atomic mass is 10.4. The van der Waals surface area contributed by atoms with Crippen LogP contribution in [0.5, 0.6) is 0 Å². The summed E-state index contributed by atoms with van der Waals surface area (Å²) in [5, 5.41) is 0. The van der Waals surface area contributed by atoms with Crippen molar-refractivity contribution in [3.05, 3.63) is 14.2 Å². The second-order valence-electron chi connectivity index (χ2n) is 2.95. The molecule has 0 aliphatic heterocycles. The molecule has 0 aliphatic carbocycles. The van der Waals surface area contributed by atoms with Gasteiger partial charge in [0.1, 0.15) is 9.23 Å². The maximum Gasteiger partial charge on any atom is 0.243 e. The summed E-state index contributed by atoms with van der Waals surface area (Å²) in [5.41, 5.74) is 5.33. The third-order valence-electron chi connectivity index (χ3n) is 1.62. The van der Waals surface area contributed by atoms with Gasteiger partial charge in [0.25, 0.3) is 0 Å². The molecule has 0 unspecified atom stereocenters. The number of nitrogens with one attached hydrogen (secondary N) is 1. The molecule has 0 radical (unpaired) electrons. The molecule has 0 saturated heterocycles. The van der Waals surface area contributed by atoms with Gasteiger partial charge in [0.15, 0.2) is 0 Å². The minimum atomic E-state index is -3.56. The molecule has 0 aromatic carbocycles. The molecule has 1 heterocycles. The minimum Gasteiger partial charge on any atom is -0.329 e. The van der Waals surface area contributed by atoms with Gasteiger partial charge in [0.2, 0.25) is 10.0 Å². The first-order valence-corrected chi connectivity index (χ1v) is 7.51. The van der Waals surface area contributed by atoms with Crippen molar-refractivity contribution in [2.45, 2.75) is 17.9 Å². The average molecular weight is 370 g/mol. The van der Waals surface area contributed by atoms with E-state index < -0.39 is 10.0 Å². The van der Waals surface area contributed by atoms with Crippen LogP contribution < -0.4 is 10.5 Å². The maximum atomic E-state index is 11.8. The fourth-order valence-electron chi connectivity index (χ4n) is 0.885. The van der Waals surface area contributed by atoms with Gasteiger partial charge in [-0.15, -0.1) is 23.7 Å². The minimum absolute atomic E-state index is 0. The zero-order valence-electron chi connectivity index (χ0n) is 8.24. The third-order valence-corrected chi connectivity index (χ3v) is 5.34. The Hall–Kier alpha value is 0.630. The first-order chi connectivity index (χ1) is 6.86. The molecule has 16 heavy (non-hydrogen) atoms. The number of sulfonamides is 1. The summed E-state index contributed by atoms with van der Waals surface area (Å²) in [6.07, 6.45) is 0. The lowest BCUT2D eigenvalue weighted by molar-refractivity contribution is 0.563. The van der Waals surface area contributed by atoms with Gasteiger partial charge in [-0.2, -0.15) is 0 Å². The SMILES string of the molecule is C[C@@H](CN)NS(=O)(=O)c1cc(Br)sc1Cl.Cl. The number of nitrogens with two attached hydrogens (primary N) is 1. The Balaban J connectivity index is 0.00000225. The summed E-state index contributed by atoms with van der Waals surface area (Å²) in [5.74, 6) is 0. The van der Waals surface area contributed by atoms with Crippen molar-refractivity contribution < 1.29 is 8.42 Å². The Labute approximate surface area is 118 Å². The Morgan fingerprint density at radius 1 is 1.69 bits per heavy atom. The highest BCUT2D eigenvalue weighted by atomic mass is 79.9. The molecule has 1 atom stereocenters.